The van der Waals surface area contributed by atoms with Gasteiger partial charge >= 0.3 is 12.2 Å². The molecule has 0 amide bonds. The lowest BCUT2D eigenvalue weighted by Crippen LogP contribution is -2.17. The normalized spacial score (nSPS) is 19.4. The van der Waals surface area contributed by atoms with Crippen LogP contribution in [0.15, 0.2) is 24.7 Å². The molecule has 0 spiro atoms. The second kappa shape index (κ2) is 7.99. The fourth-order valence-electron chi connectivity index (χ4n) is 4.14. The van der Waals surface area contributed by atoms with Crippen molar-refractivity contribution >= 4 is 28.8 Å². The largest absolute Gasteiger partial charge is 0.513 e. The molecule has 0 radical (unpaired) electrons. The molecule has 3 aromatic heterocycles. The number of ether oxygens (including phenoxy) is 1. The molecule has 0 bridgehead atoms. The van der Waals surface area contributed by atoms with Crippen LogP contribution in [0.4, 0.5) is 4.79 Å². The number of halogens is 1. The minimum atomic E-state index is -1.45. The zero-order chi connectivity index (χ0) is 20.5. The third-order valence-electron chi connectivity index (χ3n) is 5.62. The van der Waals surface area contributed by atoms with Crippen LogP contribution in [-0.2, 0) is 6.54 Å². The van der Waals surface area contributed by atoms with Crippen LogP contribution in [0.3, 0.4) is 0 Å². The summed E-state index contributed by atoms with van der Waals surface area (Å²) in [5.74, 6) is 1.39. The summed E-state index contributed by atoms with van der Waals surface area (Å²) in [5.41, 5.74) is 3.73. The average Bonchev–Trinajstić information content (AvgIpc) is 2.98. The number of aryl methyl sites for hydroxylation is 1. The van der Waals surface area contributed by atoms with E-state index >= 15 is 0 Å². The number of hydrogen-bond acceptors (Lipinski definition) is 5. The zero-order valence-corrected chi connectivity index (χ0v) is 17.2. The van der Waals surface area contributed by atoms with Gasteiger partial charge in [-0.25, -0.2) is 4.79 Å². The summed E-state index contributed by atoms with van der Waals surface area (Å²) in [7, 11) is 0. The van der Waals surface area contributed by atoms with Gasteiger partial charge in [0.2, 0.25) is 0 Å². The van der Waals surface area contributed by atoms with Crippen LogP contribution in [0, 0.1) is 18.8 Å². The second-order valence-electron chi connectivity index (χ2n) is 7.90. The minimum Gasteiger partial charge on any atom is -0.449 e. The molecule has 0 unspecified atom stereocenters. The molecule has 8 heteroatoms. The second-order valence-corrected chi connectivity index (χ2v) is 8.34. The van der Waals surface area contributed by atoms with Crippen molar-refractivity contribution in [2.24, 2.45) is 11.8 Å². The third kappa shape index (κ3) is 4.19. The van der Waals surface area contributed by atoms with Gasteiger partial charge in [0.1, 0.15) is 5.69 Å². The first-order valence-electron chi connectivity index (χ1n) is 9.80. The van der Waals surface area contributed by atoms with E-state index in [1.54, 1.807) is 18.5 Å². The van der Waals surface area contributed by atoms with Crippen LogP contribution >= 0.6 is 11.6 Å². The fraction of sp³-hybridized carbons (Fsp3) is 0.429. The van der Waals surface area contributed by atoms with E-state index in [2.05, 4.69) is 32.6 Å². The molecule has 1 fully saturated rings. The van der Waals surface area contributed by atoms with Crippen molar-refractivity contribution < 1.29 is 14.6 Å². The van der Waals surface area contributed by atoms with Gasteiger partial charge in [0.15, 0.2) is 0 Å². The van der Waals surface area contributed by atoms with E-state index in [9.17, 15) is 4.79 Å². The molecular weight excluding hydrogens is 392 g/mol. The fourth-order valence-corrected chi connectivity index (χ4v) is 4.31. The Morgan fingerprint density at radius 3 is 2.72 bits per heavy atom. The minimum absolute atomic E-state index is 0.202. The SMILES string of the molecule is Cc1cn(C[C@H]2CC[C@H](C)CC2)c2c(-c3cncc(Cl)c3)nc(OC(=O)O)nc12. The van der Waals surface area contributed by atoms with Gasteiger partial charge < -0.3 is 14.4 Å². The Morgan fingerprint density at radius 1 is 1.28 bits per heavy atom. The van der Waals surface area contributed by atoms with E-state index < -0.39 is 6.16 Å². The molecule has 0 saturated heterocycles. The smallest absolute Gasteiger partial charge is 0.449 e. The molecule has 1 N–H and O–H groups in total. The van der Waals surface area contributed by atoms with Crippen LogP contribution in [0.25, 0.3) is 22.3 Å². The number of pyridine rings is 1. The number of aromatic nitrogens is 4. The van der Waals surface area contributed by atoms with Gasteiger partial charge in [0.05, 0.1) is 16.1 Å². The van der Waals surface area contributed by atoms with Crippen molar-refractivity contribution in [1.82, 2.24) is 19.5 Å². The molecule has 0 aliphatic heterocycles. The number of carbonyl (C=O) groups is 1. The van der Waals surface area contributed by atoms with Crippen molar-refractivity contribution in [2.75, 3.05) is 0 Å². The van der Waals surface area contributed by atoms with E-state index in [1.165, 1.54) is 25.7 Å². The van der Waals surface area contributed by atoms with Gasteiger partial charge in [0.25, 0.3) is 0 Å². The van der Waals surface area contributed by atoms with Crippen molar-refractivity contribution in [3.63, 3.8) is 0 Å². The van der Waals surface area contributed by atoms with Gasteiger partial charge in [-0.1, -0.05) is 31.4 Å². The molecule has 0 atom stereocenters. The summed E-state index contributed by atoms with van der Waals surface area (Å²) in [5, 5.41) is 9.49. The summed E-state index contributed by atoms with van der Waals surface area (Å²) >= 11 is 6.15. The predicted molar refractivity (Wildman–Crippen MR) is 110 cm³/mol. The van der Waals surface area contributed by atoms with Gasteiger partial charge in [-0.2, -0.15) is 9.97 Å². The summed E-state index contributed by atoms with van der Waals surface area (Å²) in [6, 6.07) is 1.56. The third-order valence-corrected chi connectivity index (χ3v) is 5.83. The van der Waals surface area contributed by atoms with Crippen LogP contribution in [0.5, 0.6) is 6.01 Å². The highest BCUT2D eigenvalue weighted by atomic mass is 35.5. The van der Waals surface area contributed by atoms with Crippen LogP contribution in [-0.4, -0.2) is 30.8 Å². The Hall–Kier alpha value is -2.67. The molecular formula is C21H23ClN4O3. The molecule has 3 heterocycles. The number of nitrogens with zero attached hydrogens (tertiary/aromatic N) is 4. The molecule has 4 rings (SSSR count). The Balaban J connectivity index is 1.84. The first-order chi connectivity index (χ1) is 13.9. The number of fused-ring (bicyclic) bond motifs is 1. The molecule has 1 aliphatic rings. The highest BCUT2D eigenvalue weighted by Crippen LogP contribution is 2.35. The van der Waals surface area contributed by atoms with E-state index in [-0.39, 0.29) is 6.01 Å². The van der Waals surface area contributed by atoms with Crippen LogP contribution in [0.2, 0.25) is 5.02 Å². The standard InChI is InChI=1S/C21H23ClN4O3/c1-12-3-5-14(6-4-12)11-26-10-13(2)17-19(26)18(15-7-16(22)9-23-8-15)25-20(24-17)29-21(27)28/h7-10,12,14H,3-6,11H2,1-2H3,(H,27,28)/t12-,14-. The van der Waals surface area contributed by atoms with E-state index in [4.69, 9.17) is 21.4 Å². The Bertz CT molecular complexity index is 1060. The monoisotopic (exact) mass is 414 g/mol. The Morgan fingerprint density at radius 2 is 2.03 bits per heavy atom. The topological polar surface area (TPSA) is 90.1 Å². The van der Waals surface area contributed by atoms with E-state index in [1.807, 2.05) is 6.92 Å². The quantitative estimate of drug-likeness (QED) is 0.579. The van der Waals surface area contributed by atoms with Gasteiger partial charge in [-0.15, -0.1) is 0 Å². The van der Waals surface area contributed by atoms with Crippen molar-refractivity contribution in [3.05, 3.63) is 35.2 Å². The molecule has 0 aromatic carbocycles. The van der Waals surface area contributed by atoms with Gasteiger partial charge in [0, 0.05) is 30.7 Å². The summed E-state index contributed by atoms with van der Waals surface area (Å²) in [4.78, 5) is 24.0. The lowest BCUT2D eigenvalue weighted by Gasteiger charge is -2.26. The molecule has 1 aliphatic carbocycles. The zero-order valence-electron chi connectivity index (χ0n) is 16.4. The number of carboxylic acid groups (broad SMARTS) is 1. The van der Waals surface area contributed by atoms with Crippen LogP contribution < -0.4 is 4.74 Å². The predicted octanol–water partition coefficient (Wildman–Crippen LogP) is 5.34. The molecule has 1 saturated carbocycles. The summed E-state index contributed by atoms with van der Waals surface area (Å²) in [6.07, 6.45) is 8.72. The average molecular weight is 415 g/mol. The maximum absolute atomic E-state index is 11.0. The molecule has 29 heavy (non-hydrogen) atoms. The van der Waals surface area contributed by atoms with Gasteiger partial charge in [-0.05, 0) is 43.2 Å². The van der Waals surface area contributed by atoms with Crippen molar-refractivity contribution in [3.8, 4) is 17.3 Å². The number of hydrogen-bond donors (Lipinski definition) is 1. The Kier molecular flexibility index (Phi) is 5.41. The summed E-state index contributed by atoms with van der Waals surface area (Å²) < 4.78 is 6.96. The lowest BCUT2D eigenvalue weighted by molar-refractivity contribution is 0.140. The Labute approximate surface area is 173 Å². The van der Waals surface area contributed by atoms with E-state index in [0.717, 1.165) is 23.5 Å². The van der Waals surface area contributed by atoms with Crippen molar-refractivity contribution in [2.45, 2.75) is 46.1 Å². The highest BCUT2D eigenvalue weighted by molar-refractivity contribution is 6.30. The van der Waals surface area contributed by atoms with E-state index in [0.29, 0.717) is 27.7 Å². The molecule has 3 aromatic rings. The van der Waals surface area contributed by atoms with Crippen LogP contribution in [0.1, 0.15) is 38.2 Å². The first-order valence-corrected chi connectivity index (χ1v) is 10.2. The first kappa shape index (κ1) is 19.6. The highest BCUT2D eigenvalue weighted by Gasteiger charge is 2.23. The molecule has 152 valence electrons. The van der Waals surface area contributed by atoms with Gasteiger partial charge in [-0.3, -0.25) is 4.98 Å². The number of rotatable bonds is 4. The maximum atomic E-state index is 11.0. The maximum Gasteiger partial charge on any atom is 0.513 e. The lowest BCUT2D eigenvalue weighted by atomic mass is 9.83. The van der Waals surface area contributed by atoms with Crippen molar-refractivity contribution in [1.29, 1.82) is 0 Å². The molecule has 7 nitrogen and oxygen atoms in total. The summed E-state index contributed by atoms with van der Waals surface area (Å²) in [6.45, 7) is 5.15.